The molecule has 20 heavy (non-hydrogen) atoms. The number of nitrogens with zero attached hydrogens (tertiary/aromatic N) is 2. The third kappa shape index (κ3) is 3.77. The highest BCUT2D eigenvalue weighted by atomic mass is 79.9. The predicted octanol–water partition coefficient (Wildman–Crippen LogP) is 3.39. The topological polar surface area (TPSA) is 65.8 Å². The van der Waals surface area contributed by atoms with Crippen molar-refractivity contribution in [3.63, 3.8) is 0 Å². The molecule has 0 fully saturated rings. The highest BCUT2D eigenvalue weighted by molar-refractivity contribution is 9.10. The third-order valence-electron chi connectivity index (χ3n) is 2.47. The minimum Gasteiger partial charge on any atom is -0.320 e. The van der Waals surface area contributed by atoms with E-state index in [0.29, 0.717) is 5.69 Å². The van der Waals surface area contributed by atoms with Crippen molar-refractivity contribution in [1.29, 1.82) is 5.26 Å². The highest BCUT2D eigenvalue weighted by Crippen LogP contribution is 2.14. The summed E-state index contributed by atoms with van der Waals surface area (Å²) < 4.78 is 0.938. The van der Waals surface area contributed by atoms with Gasteiger partial charge in [-0.15, -0.1) is 0 Å². The fourth-order valence-corrected chi connectivity index (χ4v) is 1.77. The molecule has 2 aromatic rings. The molecule has 1 aromatic heterocycles. The van der Waals surface area contributed by atoms with Crippen LogP contribution in [0.5, 0.6) is 0 Å². The van der Waals surface area contributed by atoms with Gasteiger partial charge >= 0.3 is 0 Å². The van der Waals surface area contributed by atoms with Gasteiger partial charge in [-0.1, -0.05) is 28.1 Å². The van der Waals surface area contributed by atoms with E-state index in [1.807, 2.05) is 30.3 Å². The van der Waals surface area contributed by atoms with E-state index in [0.717, 1.165) is 10.0 Å². The van der Waals surface area contributed by atoms with Gasteiger partial charge in [0.2, 0.25) is 0 Å². The zero-order valence-electron chi connectivity index (χ0n) is 10.4. The first-order chi connectivity index (χ1) is 9.69. The molecule has 0 aliphatic heterocycles. The Bertz CT molecular complexity index is 673. The summed E-state index contributed by atoms with van der Waals surface area (Å²) in [7, 11) is 0. The van der Waals surface area contributed by atoms with Crippen molar-refractivity contribution in [1.82, 2.24) is 4.98 Å². The standard InChI is InChI=1S/C15H10BrN3O/c16-13-5-3-11(4-6-13)8-12(9-17)15(20)19-14-2-1-7-18-10-14/h1-8,10H,(H,19,20)/b12-8+. The minimum absolute atomic E-state index is 0.0381. The molecule has 1 N–H and O–H groups in total. The molecule has 0 saturated heterocycles. The molecule has 0 radical (unpaired) electrons. The molecule has 0 aliphatic carbocycles. The van der Waals surface area contributed by atoms with Crippen LogP contribution < -0.4 is 5.32 Å². The second-order valence-corrected chi connectivity index (χ2v) is 4.83. The number of hydrogen-bond donors (Lipinski definition) is 1. The Labute approximate surface area is 124 Å². The lowest BCUT2D eigenvalue weighted by Gasteiger charge is -2.03. The van der Waals surface area contributed by atoms with E-state index in [-0.39, 0.29) is 5.57 Å². The predicted molar refractivity (Wildman–Crippen MR) is 80.6 cm³/mol. The molecule has 0 bridgehead atoms. The Balaban J connectivity index is 2.18. The number of nitrogens with one attached hydrogen (secondary N) is 1. The van der Waals surface area contributed by atoms with Crippen LogP contribution >= 0.6 is 15.9 Å². The van der Waals surface area contributed by atoms with Crippen molar-refractivity contribution in [2.75, 3.05) is 5.32 Å². The molecule has 0 spiro atoms. The summed E-state index contributed by atoms with van der Waals surface area (Å²) in [5, 5.41) is 11.7. The van der Waals surface area contributed by atoms with Crippen molar-refractivity contribution in [3.8, 4) is 6.07 Å². The van der Waals surface area contributed by atoms with E-state index >= 15 is 0 Å². The largest absolute Gasteiger partial charge is 0.320 e. The van der Waals surface area contributed by atoms with Gasteiger partial charge in [-0.05, 0) is 35.9 Å². The number of aromatic nitrogens is 1. The van der Waals surface area contributed by atoms with E-state index in [1.54, 1.807) is 18.3 Å². The lowest BCUT2D eigenvalue weighted by molar-refractivity contribution is -0.112. The molecule has 1 heterocycles. The van der Waals surface area contributed by atoms with Gasteiger partial charge in [0, 0.05) is 10.7 Å². The molecular formula is C15H10BrN3O. The Kier molecular flexibility index (Phi) is 4.64. The summed E-state index contributed by atoms with van der Waals surface area (Å²) in [5.74, 6) is -0.455. The van der Waals surface area contributed by atoms with Crippen LogP contribution in [0.2, 0.25) is 0 Å². The van der Waals surface area contributed by atoms with Crippen LogP contribution in [0.1, 0.15) is 5.56 Å². The lowest BCUT2D eigenvalue weighted by atomic mass is 10.1. The fourth-order valence-electron chi connectivity index (χ4n) is 1.51. The smallest absolute Gasteiger partial charge is 0.266 e. The molecule has 1 amide bonds. The maximum Gasteiger partial charge on any atom is 0.266 e. The molecule has 0 unspecified atom stereocenters. The second-order valence-electron chi connectivity index (χ2n) is 3.92. The molecule has 0 saturated carbocycles. The molecule has 5 heteroatoms. The van der Waals surface area contributed by atoms with Crippen LogP contribution in [-0.2, 0) is 4.79 Å². The Morgan fingerprint density at radius 2 is 2.05 bits per heavy atom. The Morgan fingerprint density at radius 1 is 1.30 bits per heavy atom. The van der Waals surface area contributed by atoms with Crippen LogP contribution in [-0.4, -0.2) is 10.9 Å². The van der Waals surface area contributed by atoms with Gasteiger partial charge in [-0.25, -0.2) is 0 Å². The third-order valence-corrected chi connectivity index (χ3v) is 2.99. The number of benzene rings is 1. The van der Waals surface area contributed by atoms with E-state index in [4.69, 9.17) is 5.26 Å². The summed E-state index contributed by atoms with van der Waals surface area (Å²) in [6.07, 6.45) is 4.67. The van der Waals surface area contributed by atoms with E-state index < -0.39 is 5.91 Å². The van der Waals surface area contributed by atoms with Crippen LogP contribution in [0, 0.1) is 11.3 Å². The highest BCUT2D eigenvalue weighted by Gasteiger charge is 2.09. The zero-order valence-corrected chi connectivity index (χ0v) is 12.0. The summed E-state index contributed by atoms with van der Waals surface area (Å²) in [5.41, 5.74) is 1.37. The van der Waals surface area contributed by atoms with Crippen molar-refractivity contribution in [2.24, 2.45) is 0 Å². The van der Waals surface area contributed by atoms with Crippen molar-refractivity contribution < 1.29 is 4.79 Å². The molecule has 2 rings (SSSR count). The first kappa shape index (κ1) is 14.0. The lowest BCUT2D eigenvalue weighted by Crippen LogP contribution is -2.13. The molecule has 4 nitrogen and oxygen atoms in total. The van der Waals surface area contributed by atoms with Gasteiger partial charge in [0.1, 0.15) is 11.6 Å². The van der Waals surface area contributed by atoms with Gasteiger partial charge in [-0.3, -0.25) is 9.78 Å². The normalized spacial score (nSPS) is 10.7. The molecule has 98 valence electrons. The summed E-state index contributed by atoms with van der Waals surface area (Å²) in [4.78, 5) is 15.9. The van der Waals surface area contributed by atoms with Crippen molar-refractivity contribution in [3.05, 3.63) is 64.4 Å². The SMILES string of the molecule is N#C/C(=C\c1ccc(Br)cc1)C(=O)Nc1cccnc1. The molecular weight excluding hydrogens is 318 g/mol. The summed E-state index contributed by atoms with van der Waals surface area (Å²) >= 11 is 3.33. The van der Waals surface area contributed by atoms with E-state index in [2.05, 4.69) is 26.2 Å². The molecule has 0 atom stereocenters. The van der Waals surface area contributed by atoms with Gasteiger partial charge in [0.05, 0.1) is 11.9 Å². The first-order valence-electron chi connectivity index (χ1n) is 5.78. The maximum atomic E-state index is 12.0. The van der Waals surface area contributed by atoms with Crippen LogP contribution in [0.25, 0.3) is 6.08 Å². The van der Waals surface area contributed by atoms with E-state index in [1.165, 1.54) is 12.3 Å². The van der Waals surface area contributed by atoms with Gasteiger partial charge in [0.15, 0.2) is 0 Å². The molecule has 1 aromatic carbocycles. The number of hydrogen-bond acceptors (Lipinski definition) is 3. The number of rotatable bonds is 3. The number of pyridine rings is 1. The number of anilines is 1. The second kappa shape index (κ2) is 6.64. The fraction of sp³-hybridized carbons (Fsp3) is 0. The zero-order chi connectivity index (χ0) is 14.4. The average molecular weight is 328 g/mol. The Morgan fingerprint density at radius 3 is 2.65 bits per heavy atom. The number of carbonyl (C=O) groups excluding carboxylic acids is 1. The van der Waals surface area contributed by atoms with Gasteiger partial charge in [-0.2, -0.15) is 5.26 Å². The average Bonchev–Trinajstić information content (AvgIpc) is 2.47. The molecule has 0 aliphatic rings. The van der Waals surface area contributed by atoms with Crippen LogP contribution in [0.4, 0.5) is 5.69 Å². The summed E-state index contributed by atoms with van der Waals surface area (Å²) in [6, 6.07) is 12.6. The van der Waals surface area contributed by atoms with Crippen LogP contribution in [0.3, 0.4) is 0 Å². The maximum absolute atomic E-state index is 12.0. The Hall–Kier alpha value is -2.45. The minimum atomic E-state index is -0.455. The number of halogens is 1. The first-order valence-corrected chi connectivity index (χ1v) is 6.57. The van der Waals surface area contributed by atoms with E-state index in [9.17, 15) is 4.79 Å². The monoisotopic (exact) mass is 327 g/mol. The van der Waals surface area contributed by atoms with Crippen molar-refractivity contribution >= 4 is 33.6 Å². The van der Waals surface area contributed by atoms with Gasteiger partial charge < -0.3 is 5.32 Å². The number of nitriles is 1. The number of amides is 1. The van der Waals surface area contributed by atoms with Gasteiger partial charge in [0.25, 0.3) is 5.91 Å². The van der Waals surface area contributed by atoms with Crippen LogP contribution in [0.15, 0.2) is 58.8 Å². The summed E-state index contributed by atoms with van der Waals surface area (Å²) in [6.45, 7) is 0. The number of carbonyl (C=O) groups is 1. The quantitative estimate of drug-likeness (QED) is 0.694. The van der Waals surface area contributed by atoms with Crippen molar-refractivity contribution in [2.45, 2.75) is 0 Å².